The van der Waals surface area contributed by atoms with E-state index in [1.807, 2.05) is 11.0 Å². The number of ether oxygens (including phenoxy) is 1. The molecule has 1 aliphatic carbocycles. The van der Waals surface area contributed by atoms with E-state index in [4.69, 9.17) is 4.74 Å². The van der Waals surface area contributed by atoms with Gasteiger partial charge in [-0.1, -0.05) is 6.07 Å². The minimum Gasteiger partial charge on any atom is -0.465 e. The van der Waals surface area contributed by atoms with Gasteiger partial charge < -0.3 is 15.0 Å². The van der Waals surface area contributed by atoms with Crippen molar-refractivity contribution in [3.8, 4) is 0 Å². The molecule has 29 heavy (non-hydrogen) atoms. The highest BCUT2D eigenvalue weighted by Crippen LogP contribution is 2.34. The summed E-state index contributed by atoms with van der Waals surface area (Å²) in [5, 5.41) is 2.92. The Bertz CT molecular complexity index is 946. The summed E-state index contributed by atoms with van der Waals surface area (Å²) in [5.41, 5.74) is 2.10. The quantitative estimate of drug-likeness (QED) is 0.780. The smallest absolute Gasteiger partial charge is 0.337 e. The third-order valence-electron chi connectivity index (χ3n) is 5.61. The van der Waals surface area contributed by atoms with Crippen LogP contribution in [-0.2, 0) is 22.4 Å². The SMILES string of the molecule is COC(=O)c1cccc(NC(=O)[C@H]2CCc3sc(C(=O)N4CCCC4)cc3C2)c1. The van der Waals surface area contributed by atoms with E-state index in [0.29, 0.717) is 17.7 Å². The molecule has 6 nitrogen and oxygen atoms in total. The standard InChI is InChI=1S/C22H24N2O4S/c1-28-22(27)15-5-4-6-17(12-15)23-20(25)14-7-8-18-16(11-14)13-19(29-18)21(26)24-9-2-3-10-24/h4-6,12-14H,2-3,7-11H2,1H3,(H,23,25)/t14-/m0/s1. The van der Waals surface area contributed by atoms with Crippen molar-refractivity contribution in [2.45, 2.75) is 32.1 Å². The summed E-state index contributed by atoms with van der Waals surface area (Å²) in [6.07, 6.45) is 4.37. The van der Waals surface area contributed by atoms with E-state index >= 15 is 0 Å². The van der Waals surface area contributed by atoms with E-state index in [1.165, 1.54) is 12.0 Å². The predicted molar refractivity (Wildman–Crippen MR) is 111 cm³/mol. The highest BCUT2D eigenvalue weighted by atomic mass is 32.1. The second-order valence-corrected chi connectivity index (χ2v) is 8.70. The molecule has 0 saturated carbocycles. The van der Waals surface area contributed by atoms with Gasteiger partial charge in [0.15, 0.2) is 0 Å². The molecule has 1 saturated heterocycles. The summed E-state index contributed by atoms with van der Waals surface area (Å²) in [4.78, 5) is 41.1. The molecule has 1 aromatic heterocycles. The van der Waals surface area contributed by atoms with Crippen molar-refractivity contribution in [1.29, 1.82) is 0 Å². The van der Waals surface area contributed by atoms with Crippen LogP contribution in [0, 0.1) is 5.92 Å². The largest absolute Gasteiger partial charge is 0.465 e. The number of amides is 2. The molecule has 0 bridgehead atoms. The Labute approximate surface area is 173 Å². The lowest BCUT2D eigenvalue weighted by atomic mass is 9.87. The van der Waals surface area contributed by atoms with Crippen molar-refractivity contribution >= 4 is 34.8 Å². The molecular weight excluding hydrogens is 388 g/mol. The first-order valence-electron chi connectivity index (χ1n) is 9.95. The number of aryl methyl sites for hydroxylation is 1. The Morgan fingerprint density at radius 3 is 2.72 bits per heavy atom. The summed E-state index contributed by atoms with van der Waals surface area (Å²) >= 11 is 1.58. The van der Waals surface area contributed by atoms with Crippen molar-refractivity contribution in [3.05, 3.63) is 51.2 Å². The maximum Gasteiger partial charge on any atom is 0.337 e. The number of anilines is 1. The van der Waals surface area contributed by atoms with Gasteiger partial charge in [-0.25, -0.2) is 4.79 Å². The number of hydrogen-bond acceptors (Lipinski definition) is 5. The van der Waals surface area contributed by atoms with Gasteiger partial charge in [0.05, 0.1) is 17.6 Å². The number of benzene rings is 1. The van der Waals surface area contributed by atoms with E-state index in [-0.39, 0.29) is 17.7 Å². The second kappa shape index (κ2) is 8.37. The Kier molecular flexibility index (Phi) is 5.67. The number of esters is 1. The number of likely N-dealkylation sites (tertiary alicyclic amines) is 1. The van der Waals surface area contributed by atoms with Crippen molar-refractivity contribution in [1.82, 2.24) is 4.90 Å². The van der Waals surface area contributed by atoms with Crippen LogP contribution in [0.2, 0.25) is 0 Å². The molecule has 2 aromatic rings. The molecule has 152 valence electrons. The first-order chi connectivity index (χ1) is 14.0. The van der Waals surface area contributed by atoms with Crippen LogP contribution in [0.4, 0.5) is 5.69 Å². The number of nitrogens with zero attached hydrogens (tertiary/aromatic N) is 1. The Balaban J connectivity index is 1.42. The fourth-order valence-electron chi connectivity index (χ4n) is 4.02. The third-order valence-corrected chi connectivity index (χ3v) is 6.83. The minimum atomic E-state index is -0.433. The number of rotatable bonds is 4. The number of methoxy groups -OCH3 is 1. The van der Waals surface area contributed by atoms with Gasteiger partial charge in [0.2, 0.25) is 5.91 Å². The topological polar surface area (TPSA) is 75.7 Å². The van der Waals surface area contributed by atoms with Gasteiger partial charge in [0, 0.05) is 29.6 Å². The minimum absolute atomic E-state index is 0.0590. The van der Waals surface area contributed by atoms with Gasteiger partial charge in [-0.05, 0) is 61.9 Å². The van der Waals surface area contributed by atoms with Gasteiger partial charge in [0.25, 0.3) is 5.91 Å². The molecule has 1 N–H and O–H groups in total. The molecule has 4 rings (SSSR count). The van der Waals surface area contributed by atoms with Crippen molar-refractivity contribution in [2.24, 2.45) is 5.92 Å². The molecular formula is C22H24N2O4S. The van der Waals surface area contributed by atoms with Gasteiger partial charge in [0.1, 0.15) is 0 Å². The van der Waals surface area contributed by atoms with E-state index in [2.05, 4.69) is 5.32 Å². The fourth-order valence-corrected chi connectivity index (χ4v) is 5.19. The second-order valence-electron chi connectivity index (χ2n) is 7.56. The third kappa shape index (κ3) is 4.19. The highest BCUT2D eigenvalue weighted by Gasteiger charge is 2.29. The van der Waals surface area contributed by atoms with Crippen LogP contribution in [0.3, 0.4) is 0 Å². The fraction of sp³-hybridized carbons (Fsp3) is 0.409. The Morgan fingerprint density at radius 1 is 1.17 bits per heavy atom. The number of hydrogen-bond donors (Lipinski definition) is 1. The van der Waals surface area contributed by atoms with Crippen LogP contribution in [0.5, 0.6) is 0 Å². The molecule has 2 aliphatic rings. The Hall–Kier alpha value is -2.67. The molecule has 7 heteroatoms. The van der Waals surface area contributed by atoms with E-state index < -0.39 is 5.97 Å². The summed E-state index contributed by atoms with van der Waals surface area (Å²) in [6.45, 7) is 1.69. The predicted octanol–water partition coefficient (Wildman–Crippen LogP) is 3.51. The molecule has 2 amide bonds. The molecule has 1 atom stereocenters. The highest BCUT2D eigenvalue weighted by molar-refractivity contribution is 7.14. The molecule has 1 fully saturated rings. The normalized spacial score (nSPS) is 18.2. The number of carbonyl (C=O) groups excluding carboxylic acids is 3. The summed E-state index contributed by atoms with van der Waals surface area (Å²) in [5.74, 6) is -0.510. The summed E-state index contributed by atoms with van der Waals surface area (Å²) in [6, 6.07) is 8.73. The van der Waals surface area contributed by atoms with E-state index in [1.54, 1.807) is 35.6 Å². The first-order valence-corrected chi connectivity index (χ1v) is 10.8. The molecule has 2 heterocycles. The molecule has 1 aliphatic heterocycles. The summed E-state index contributed by atoms with van der Waals surface area (Å²) < 4.78 is 4.73. The lowest BCUT2D eigenvalue weighted by Gasteiger charge is -2.21. The zero-order chi connectivity index (χ0) is 20.4. The number of nitrogens with one attached hydrogen (secondary N) is 1. The van der Waals surface area contributed by atoms with Crippen LogP contribution in [-0.4, -0.2) is 42.9 Å². The number of thiophene rings is 1. The molecule has 0 radical (unpaired) electrons. The van der Waals surface area contributed by atoms with Gasteiger partial charge in [-0.2, -0.15) is 0 Å². The number of fused-ring (bicyclic) bond motifs is 1. The molecule has 1 aromatic carbocycles. The van der Waals surface area contributed by atoms with Crippen LogP contribution >= 0.6 is 11.3 Å². The van der Waals surface area contributed by atoms with Gasteiger partial charge in [-0.3, -0.25) is 9.59 Å². The van der Waals surface area contributed by atoms with Gasteiger partial charge in [-0.15, -0.1) is 11.3 Å². The van der Waals surface area contributed by atoms with Crippen LogP contribution in [0.25, 0.3) is 0 Å². The lowest BCUT2D eigenvalue weighted by Crippen LogP contribution is -2.27. The Morgan fingerprint density at radius 2 is 1.97 bits per heavy atom. The van der Waals surface area contributed by atoms with Crippen LogP contribution in [0.15, 0.2) is 30.3 Å². The van der Waals surface area contributed by atoms with E-state index in [0.717, 1.165) is 49.2 Å². The average molecular weight is 413 g/mol. The van der Waals surface area contributed by atoms with E-state index in [9.17, 15) is 14.4 Å². The monoisotopic (exact) mass is 412 g/mol. The zero-order valence-corrected chi connectivity index (χ0v) is 17.2. The number of carbonyl (C=O) groups is 3. The van der Waals surface area contributed by atoms with Crippen molar-refractivity contribution in [3.63, 3.8) is 0 Å². The van der Waals surface area contributed by atoms with Crippen molar-refractivity contribution < 1.29 is 19.1 Å². The maximum absolute atomic E-state index is 12.8. The lowest BCUT2D eigenvalue weighted by molar-refractivity contribution is -0.120. The first kappa shape index (κ1) is 19.6. The summed E-state index contributed by atoms with van der Waals surface area (Å²) in [7, 11) is 1.33. The van der Waals surface area contributed by atoms with Crippen molar-refractivity contribution in [2.75, 3.05) is 25.5 Å². The van der Waals surface area contributed by atoms with Crippen LogP contribution < -0.4 is 5.32 Å². The van der Waals surface area contributed by atoms with Gasteiger partial charge >= 0.3 is 5.97 Å². The molecule has 0 unspecified atom stereocenters. The maximum atomic E-state index is 12.8. The van der Waals surface area contributed by atoms with Crippen LogP contribution in [0.1, 0.15) is 49.7 Å². The zero-order valence-electron chi connectivity index (χ0n) is 16.4. The average Bonchev–Trinajstić information content (AvgIpc) is 3.42. The molecule has 0 spiro atoms.